The van der Waals surface area contributed by atoms with Crippen LogP contribution in [0.3, 0.4) is 0 Å². The molecule has 0 aliphatic rings. The number of carbonyl (C=O) groups is 2. The van der Waals surface area contributed by atoms with Crippen LogP contribution in [-0.4, -0.2) is 40.6 Å². The Bertz CT molecular complexity index is 180. The van der Waals surface area contributed by atoms with E-state index in [1.165, 1.54) is 0 Å². The fourth-order valence-corrected chi connectivity index (χ4v) is 0.401. The van der Waals surface area contributed by atoms with Crippen LogP contribution in [0.25, 0.3) is 0 Å². The van der Waals surface area contributed by atoms with Crippen LogP contribution in [0.1, 0.15) is 0 Å². The van der Waals surface area contributed by atoms with Crippen LogP contribution in [0.15, 0.2) is 0 Å². The van der Waals surface area contributed by atoms with Gasteiger partial charge in [0.1, 0.15) is 0 Å². The Kier molecular flexibility index (Phi) is 4.70. The molecule has 0 unspecified atom stereocenters. The molecule has 0 radical (unpaired) electrons. The summed E-state index contributed by atoms with van der Waals surface area (Å²) in [6, 6.07) is 0. The Morgan fingerprint density at radius 1 is 1.08 bits per heavy atom. The number of carboxylic acid groups (broad SMARTS) is 2. The monoisotopic (exact) mass is 194 g/mol. The summed E-state index contributed by atoms with van der Waals surface area (Å²) >= 11 is 4.32. The van der Waals surface area contributed by atoms with Gasteiger partial charge in [-0.25, -0.2) is 9.59 Å². The molecule has 6 nitrogen and oxygen atoms in total. The lowest BCUT2D eigenvalue weighted by molar-refractivity contribution is -0.141. The lowest BCUT2D eigenvalue weighted by Gasteiger charge is -2.03. The van der Waals surface area contributed by atoms with Gasteiger partial charge in [0.25, 0.3) is 0 Å². The van der Waals surface area contributed by atoms with Gasteiger partial charge < -0.3 is 19.7 Å². The highest BCUT2D eigenvalue weighted by Crippen LogP contribution is 1.85. The molecule has 0 atom stereocenters. The first kappa shape index (κ1) is 10.6. The van der Waals surface area contributed by atoms with Gasteiger partial charge in [-0.2, -0.15) is 0 Å². The fraction of sp³-hybridized carbons (Fsp3) is 0.400. The topological polar surface area (TPSA) is 93.1 Å². The highest BCUT2D eigenvalue weighted by molar-refractivity contribution is 7.79. The van der Waals surface area contributed by atoms with E-state index in [-0.39, 0.29) is 0 Å². The largest absolute Gasteiger partial charge is 0.479 e. The van der Waals surface area contributed by atoms with E-state index in [1.807, 2.05) is 0 Å². The molecule has 12 heavy (non-hydrogen) atoms. The Morgan fingerprint density at radius 3 is 1.67 bits per heavy atom. The van der Waals surface area contributed by atoms with Crippen molar-refractivity contribution in [3.05, 3.63) is 0 Å². The van der Waals surface area contributed by atoms with Crippen molar-refractivity contribution in [3.8, 4) is 0 Å². The maximum Gasteiger partial charge on any atom is 0.353 e. The number of hydrogen-bond donors (Lipinski definition) is 2. The van der Waals surface area contributed by atoms with Crippen LogP contribution in [0.2, 0.25) is 0 Å². The zero-order valence-corrected chi connectivity index (χ0v) is 6.67. The molecule has 0 heterocycles. The van der Waals surface area contributed by atoms with E-state index in [4.69, 9.17) is 10.2 Å². The molecule has 0 bridgehead atoms. The van der Waals surface area contributed by atoms with E-state index in [0.717, 1.165) is 0 Å². The minimum Gasteiger partial charge on any atom is -0.479 e. The van der Waals surface area contributed by atoms with Crippen LogP contribution in [0.5, 0.6) is 0 Å². The van der Waals surface area contributed by atoms with Crippen LogP contribution in [0.4, 0.5) is 0 Å². The molecule has 0 aliphatic carbocycles. The zero-order valence-electron chi connectivity index (χ0n) is 5.85. The van der Waals surface area contributed by atoms with E-state index in [0.29, 0.717) is 0 Å². The summed E-state index contributed by atoms with van der Waals surface area (Å²) in [7, 11) is 0. The Morgan fingerprint density at radius 2 is 1.42 bits per heavy atom. The van der Waals surface area contributed by atoms with Crippen LogP contribution in [-0.2, 0) is 19.1 Å². The Hall–Kier alpha value is -1.37. The van der Waals surface area contributed by atoms with E-state index in [2.05, 4.69) is 21.7 Å². The zero-order chi connectivity index (χ0) is 9.56. The second-order valence-electron chi connectivity index (χ2n) is 1.61. The van der Waals surface area contributed by atoms with Crippen molar-refractivity contribution < 1.29 is 29.3 Å². The van der Waals surface area contributed by atoms with Crippen molar-refractivity contribution in [1.29, 1.82) is 0 Å². The van der Waals surface area contributed by atoms with E-state index >= 15 is 0 Å². The summed E-state index contributed by atoms with van der Waals surface area (Å²) in [5, 5.41) is 15.7. The molecule has 0 fully saturated rings. The lowest BCUT2D eigenvalue weighted by atomic mass is 10.7. The smallest absolute Gasteiger partial charge is 0.353 e. The highest BCUT2D eigenvalue weighted by atomic mass is 32.1. The first-order valence-electron chi connectivity index (χ1n) is 2.75. The van der Waals surface area contributed by atoms with Gasteiger partial charge in [-0.1, -0.05) is 0 Å². The average molecular weight is 194 g/mol. The van der Waals surface area contributed by atoms with E-state index in [9.17, 15) is 9.59 Å². The van der Waals surface area contributed by atoms with Crippen molar-refractivity contribution in [3.63, 3.8) is 0 Å². The number of thiocarbonyl (C=S) groups is 1. The predicted molar refractivity (Wildman–Crippen MR) is 39.8 cm³/mol. The van der Waals surface area contributed by atoms with Crippen molar-refractivity contribution in [2.75, 3.05) is 13.2 Å². The van der Waals surface area contributed by atoms with Crippen molar-refractivity contribution in [1.82, 2.24) is 0 Å². The molecule has 0 spiro atoms. The van der Waals surface area contributed by atoms with Gasteiger partial charge in [0, 0.05) is 12.2 Å². The van der Waals surface area contributed by atoms with Crippen molar-refractivity contribution in [2.45, 2.75) is 0 Å². The van der Waals surface area contributed by atoms with Crippen LogP contribution < -0.4 is 0 Å². The molecule has 0 aromatic heterocycles. The molecule has 0 amide bonds. The summed E-state index contributed by atoms with van der Waals surface area (Å²) in [4.78, 5) is 19.8. The van der Waals surface area contributed by atoms with Gasteiger partial charge in [-0.3, -0.25) is 0 Å². The molecule has 68 valence electrons. The first-order valence-corrected chi connectivity index (χ1v) is 3.16. The normalized spacial score (nSPS) is 8.67. The molecule has 0 aromatic rings. The minimum atomic E-state index is -1.21. The molecular formula is C5H6O6S. The maximum atomic E-state index is 9.89. The van der Waals surface area contributed by atoms with Gasteiger partial charge in [0.15, 0.2) is 13.2 Å². The Labute approximate surface area is 72.7 Å². The summed E-state index contributed by atoms with van der Waals surface area (Å²) in [6.07, 6.45) is 0. The molecule has 0 aliphatic heterocycles. The highest BCUT2D eigenvalue weighted by Gasteiger charge is 2.04. The maximum absolute atomic E-state index is 9.89. The Balaban J connectivity index is 3.47. The standard InChI is InChI=1S/C5H6O6S/c6-3(7)1-10-5(12)11-2-4(8)9/h1-2H2,(H,6,7)(H,8,9). The SMILES string of the molecule is O=C(O)COC(=S)OCC(=O)O. The second kappa shape index (κ2) is 5.30. The third-order valence-electron chi connectivity index (χ3n) is 0.627. The van der Waals surface area contributed by atoms with Gasteiger partial charge in [-0.15, -0.1) is 0 Å². The molecule has 0 saturated carbocycles. The molecule has 2 N–H and O–H groups in total. The van der Waals surface area contributed by atoms with Gasteiger partial charge in [-0.05, 0) is 0 Å². The van der Waals surface area contributed by atoms with Crippen LogP contribution in [0, 0.1) is 0 Å². The van der Waals surface area contributed by atoms with E-state index < -0.39 is 30.4 Å². The molecular weight excluding hydrogens is 188 g/mol. The number of aliphatic carboxylic acids is 2. The summed E-state index contributed by atoms with van der Waals surface area (Å²) in [6.45, 7) is -1.28. The van der Waals surface area contributed by atoms with Gasteiger partial charge in [0.05, 0.1) is 0 Å². The lowest BCUT2D eigenvalue weighted by Crippen LogP contribution is -2.17. The number of rotatable bonds is 4. The summed E-state index contributed by atoms with van der Waals surface area (Å²) in [5.41, 5.74) is 0. The fourth-order valence-electron chi connectivity index (χ4n) is 0.283. The van der Waals surface area contributed by atoms with Gasteiger partial charge in [0.2, 0.25) is 0 Å². The summed E-state index contributed by atoms with van der Waals surface area (Å²) < 4.78 is 8.60. The van der Waals surface area contributed by atoms with Crippen molar-refractivity contribution >= 4 is 29.4 Å². The quantitative estimate of drug-likeness (QED) is 0.581. The summed E-state index contributed by atoms with van der Waals surface area (Å²) in [5.74, 6) is -2.42. The van der Waals surface area contributed by atoms with Crippen molar-refractivity contribution in [2.24, 2.45) is 0 Å². The number of hydrogen-bond acceptors (Lipinski definition) is 5. The molecule has 0 aromatic carbocycles. The second-order valence-corrected chi connectivity index (χ2v) is 1.95. The average Bonchev–Trinajstić information content (AvgIpc) is 1.96. The van der Waals surface area contributed by atoms with Crippen LogP contribution >= 0.6 is 12.2 Å². The third kappa shape index (κ3) is 6.75. The molecule has 0 saturated heterocycles. The predicted octanol–water partition coefficient (Wildman–Crippen LogP) is -0.526. The molecule has 0 rings (SSSR count). The number of carboxylic acids is 2. The third-order valence-corrected chi connectivity index (χ3v) is 0.863. The first-order chi connectivity index (χ1) is 5.52. The van der Waals surface area contributed by atoms with Gasteiger partial charge >= 0.3 is 17.2 Å². The molecule has 7 heteroatoms. The van der Waals surface area contributed by atoms with E-state index in [1.54, 1.807) is 0 Å². The minimum absolute atomic E-state index is 0.486. The number of ether oxygens (including phenoxy) is 2.